The molecule has 1 amide bonds. The number of hydrogen-bond donors (Lipinski definition) is 2. The number of carbonyl (C=O) groups is 2. The van der Waals surface area contributed by atoms with Crippen molar-refractivity contribution < 1.29 is 19.4 Å². The molecular weight excluding hydrogens is 338 g/mol. The van der Waals surface area contributed by atoms with Gasteiger partial charge in [0.05, 0.1) is 24.5 Å². The Balaban J connectivity index is 2.01. The zero-order chi connectivity index (χ0) is 15.4. The molecule has 5 nitrogen and oxygen atoms in total. The Labute approximate surface area is 131 Å². The number of ether oxygens (including phenoxy) is 1. The minimum atomic E-state index is -0.944. The van der Waals surface area contributed by atoms with E-state index in [4.69, 9.17) is 9.84 Å². The van der Waals surface area contributed by atoms with Crippen LogP contribution < -0.4 is 5.32 Å². The predicted molar refractivity (Wildman–Crippen MR) is 80.8 cm³/mol. The topological polar surface area (TPSA) is 75.6 Å². The molecule has 0 aromatic heterocycles. The van der Waals surface area contributed by atoms with Crippen molar-refractivity contribution in [1.29, 1.82) is 0 Å². The van der Waals surface area contributed by atoms with Crippen molar-refractivity contribution in [1.82, 2.24) is 5.32 Å². The molecule has 0 bridgehead atoms. The van der Waals surface area contributed by atoms with Gasteiger partial charge in [0.2, 0.25) is 5.91 Å². The third-order valence-electron chi connectivity index (χ3n) is 3.42. The van der Waals surface area contributed by atoms with E-state index in [1.165, 1.54) is 0 Å². The maximum Gasteiger partial charge on any atom is 0.305 e. The second-order valence-electron chi connectivity index (χ2n) is 5.05. The molecule has 1 aliphatic rings. The van der Waals surface area contributed by atoms with E-state index in [1.807, 2.05) is 31.2 Å². The molecule has 0 spiro atoms. The third-order valence-corrected chi connectivity index (χ3v) is 3.95. The van der Waals surface area contributed by atoms with Crippen LogP contribution in [0.25, 0.3) is 0 Å². The highest BCUT2D eigenvalue weighted by molar-refractivity contribution is 9.10. The molecule has 6 heteroatoms. The summed E-state index contributed by atoms with van der Waals surface area (Å²) >= 11 is 3.33. The Kier molecular flexibility index (Phi) is 5.36. The summed E-state index contributed by atoms with van der Waals surface area (Å²) in [6, 6.07) is 6.76. The lowest BCUT2D eigenvalue weighted by atomic mass is 10.0. The van der Waals surface area contributed by atoms with Crippen LogP contribution in [-0.4, -0.2) is 29.7 Å². The first-order chi connectivity index (χ1) is 10.0. The van der Waals surface area contributed by atoms with Gasteiger partial charge in [0, 0.05) is 11.1 Å². The summed E-state index contributed by atoms with van der Waals surface area (Å²) in [4.78, 5) is 23.1. The minimum absolute atomic E-state index is 0.0228. The van der Waals surface area contributed by atoms with Crippen LogP contribution in [0.2, 0.25) is 0 Å². The van der Waals surface area contributed by atoms with E-state index >= 15 is 0 Å². The van der Waals surface area contributed by atoms with Gasteiger partial charge in [-0.05, 0) is 31.0 Å². The highest BCUT2D eigenvalue weighted by Crippen LogP contribution is 2.34. The standard InChI is InChI=1S/C15H18BrNO4/c1-2-21-13-7-11(13)15(20)17-12(8-14(18)19)9-3-5-10(16)6-4-9/h3-6,11-13H,2,7-8H2,1H3,(H,17,20)(H,18,19). The van der Waals surface area contributed by atoms with Gasteiger partial charge in [-0.2, -0.15) is 0 Å². The molecule has 0 radical (unpaired) electrons. The zero-order valence-corrected chi connectivity index (χ0v) is 13.3. The molecule has 1 aliphatic carbocycles. The monoisotopic (exact) mass is 355 g/mol. The van der Waals surface area contributed by atoms with E-state index < -0.39 is 12.0 Å². The summed E-state index contributed by atoms with van der Waals surface area (Å²) in [6.07, 6.45) is 0.546. The first-order valence-corrected chi connectivity index (χ1v) is 7.69. The van der Waals surface area contributed by atoms with Crippen molar-refractivity contribution in [2.45, 2.75) is 31.9 Å². The van der Waals surface area contributed by atoms with Crippen LogP contribution in [0.4, 0.5) is 0 Å². The predicted octanol–water partition coefficient (Wildman–Crippen LogP) is 2.51. The van der Waals surface area contributed by atoms with Gasteiger partial charge in [0.1, 0.15) is 0 Å². The molecule has 0 saturated heterocycles. The minimum Gasteiger partial charge on any atom is -0.481 e. The molecule has 2 rings (SSSR count). The van der Waals surface area contributed by atoms with Gasteiger partial charge in [-0.1, -0.05) is 28.1 Å². The van der Waals surface area contributed by atoms with Crippen LogP contribution in [0, 0.1) is 5.92 Å². The Hall–Kier alpha value is -1.40. The van der Waals surface area contributed by atoms with E-state index in [1.54, 1.807) is 0 Å². The van der Waals surface area contributed by atoms with Crippen molar-refractivity contribution in [2.75, 3.05) is 6.61 Å². The lowest BCUT2D eigenvalue weighted by molar-refractivity contribution is -0.137. The van der Waals surface area contributed by atoms with Crippen molar-refractivity contribution in [2.24, 2.45) is 5.92 Å². The molecule has 3 atom stereocenters. The number of amides is 1. The van der Waals surface area contributed by atoms with Crippen LogP contribution in [0.3, 0.4) is 0 Å². The Bertz CT molecular complexity index is 517. The third kappa shape index (κ3) is 4.54. The average Bonchev–Trinajstić information content (AvgIpc) is 3.18. The molecule has 0 heterocycles. The van der Waals surface area contributed by atoms with E-state index in [0.717, 1.165) is 10.0 Å². The number of rotatable bonds is 7. The first kappa shape index (κ1) is 16.0. The van der Waals surface area contributed by atoms with Gasteiger partial charge < -0.3 is 15.2 Å². The van der Waals surface area contributed by atoms with Crippen LogP contribution in [0.1, 0.15) is 31.4 Å². The number of aliphatic carboxylic acids is 1. The van der Waals surface area contributed by atoms with Gasteiger partial charge >= 0.3 is 5.97 Å². The molecule has 1 saturated carbocycles. The quantitative estimate of drug-likeness (QED) is 0.787. The molecule has 114 valence electrons. The lowest BCUT2D eigenvalue weighted by Crippen LogP contribution is -2.32. The summed E-state index contributed by atoms with van der Waals surface area (Å²) in [5.74, 6) is -1.24. The SMILES string of the molecule is CCOC1CC1C(=O)NC(CC(=O)O)c1ccc(Br)cc1. The second-order valence-corrected chi connectivity index (χ2v) is 5.96. The van der Waals surface area contributed by atoms with Gasteiger partial charge in [0.25, 0.3) is 0 Å². The Morgan fingerprint density at radius 3 is 2.67 bits per heavy atom. The molecule has 3 unspecified atom stereocenters. The van der Waals surface area contributed by atoms with Crippen molar-refractivity contribution >= 4 is 27.8 Å². The summed E-state index contributed by atoms with van der Waals surface area (Å²) < 4.78 is 6.29. The molecule has 1 aromatic carbocycles. The summed E-state index contributed by atoms with van der Waals surface area (Å²) in [6.45, 7) is 2.47. The maximum absolute atomic E-state index is 12.1. The fourth-order valence-electron chi connectivity index (χ4n) is 2.25. The fraction of sp³-hybridized carbons (Fsp3) is 0.467. The number of carboxylic acids is 1. The van der Waals surface area contributed by atoms with Gasteiger partial charge in [-0.15, -0.1) is 0 Å². The van der Waals surface area contributed by atoms with Crippen molar-refractivity contribution in [3.63, 3.8) is 0 Å². The number of halogens is 1. The van der Waals surface area contributed by atoms with E-state index in [2.05, 4.69) is 21.2 Å². The largest absolute Gasteiger partial charge is 0.481 e. The summed E-state index contributed by atoms with van der Waals surface area (Å²) in [5.41, 5.74) is 0.780. The van der Waals surface area contributed by atoms with E-state index in [-0.39, 0.29) is 24.3 Å². The molecule has 2 N–H and O–H groups in total. The molecule has 1 aromatic rings. The number of hydrogen-bond acceptors (Lipinski definition) is 3. The molecular formula is C15H18BrNO4. The van der Waals surface area contributed by atoms with Crippen LogP contribution >= 0.6 is 15.9 Å². The highest BCUT2D eigenvalue weighted by Gasteiger charge is 2.44. The first-order valence-electron chi connectivity index (χ1n) is 6.90. The number of nitrogens with one attached hydrogen (secondary N) is 1. The second kappa shape index (κ2) is 7.04. The Morgan fingerprint density at radius 1 is 1.43 bits per heavy atom. The lowest BCUT2D eigenvalue weighted by Gasteiger charge is -2.17. The zero-order valence-electron chi connectivity index (χ0n) is 11.7. The van der Waals surface area contributed by atoms with Crippen LogP contribution in [0.5, 0.6) is 0 Å². The van der Waals surface area contributed by atoms with Gasteiger partial charge in [-0.3, -0.25) is 9.59 Å². The van der Waals surface area contributed by atoms with Crippen LogP contribution in [0.15, 0.2) is 28.7 Å². The normalized spacial score (nSPS) is 21.6. The summed E-state index contributed by atoms with van der Waals surface area (Å²) in [5, 5.41) is 11.8. The Morgan fingerprint density at radius 2 is 2.10 bits per heavy atom. The molecule has 21 heavy (non-hydrogen) atoms. The number of carboxylic acid groups (broad SMARTS) is 1. The fourth-order valence-corrected chi connectivity index (χ4v) is 2.51. The van der Waals surface area contributed by atoms with Crippen molar-refractivity contribution in [3.8, 4) is 0 Å². The highest BCUT2D eigenvalue weighted by atomic mass is 79.9. The molecule has 1 fully saturated rings. The summed E-state index contributed by atoms with van der Waals surface area (Å²) in [7, 11) is 0. The number of carbonyl (C=O) groups excluding carboxylic acids is 1. The smallest absolute Gasteiger partial charge is 0.305 e. The van der Waals surface area contributed by atoms with Crippen molar-refractivity contribution in [3.05, 3.63) is 34.3 Å². The average molecular weight is 356 g/mol. The molecule has 0 aliphatic heterocycles. The van der Waals surface area contributed by atoms with Gasteiger partial charge in [0.15, 0.2) is 0 Å². The maximum atomic E-state index is 12.1. The van der Waals surface area contributed by atoms with E-state index in [0.29, 0.717) is 13.0 Å². The van der Waals surface area contributed by atoms with Gasteiger partial charge in [-0.25, -0.2) is 0 Å². The van der Waals surface area contributed by atoms with Crippen LogP contribution in [-0.2, 0) is 14.3 Å². The van der Waals surface area contributed by atoms with E-state index in [9.17, 15) is 9.59 Å². The number of benzene rings is 1.